The molecule has 0 amide bonds. The Balaban J connectivity index is 1.62. The van der Waals surface area contributed by atoms with Crippen molar-refractivity contribution in [3.05, 3.63) is 72.1 Å². The number of ether oxygens (including phenoxy) is 1. The predicted octanol–water partition coefficient (Wildman–Crippen LogP) is 2.54. The summed E-state index contributed by atoms with van der Waals surface area (Å²) in [6.45, 7) is -0.0482. The van der Waals surface area contributed by atoms with Crippen LogP contribution in [0.5, 0.6) is 11.5 Å². The van der Waals surface area contributed by atoms with Crippen molar-refractivity contribution >= 4 is 16.0 Å². The molecule has 0 aliphatic carbocycles. The quantitative estimate of drug-likeness (QED) is 0.707. The Morgan fingerprint density at radius 1 is 1.11 bits per heavy atom. The van der Waals surface area contributed by atoms with Crippen LogP contribution in [-0.2, 0) is 28.4 Å². The topological polar surface area (TPSA) is 102 Å². The SMILES string of the molecule is Cn1ncc2c1CN(S(=O)(=O)c1ccc(Oc3ccccc3)cc1)C2C(=O)O. The molecule has 1 aliphatic heterocycles. The lowest BCUT2D eigenvalue weighted by Gasteiger charge is -2.21. The molecule has 1 aromatic heterocycles. The van der Waals surface area contributed by atoms with Crippen LogP contribution in [-0.4, -0.2) is 33.6 Å². The summed E-state index contributed by atoms with van der Waals surface area (Å²) in [7, 11) is -2.36. The molecule has 4 rings (SSSR count). The number of aliphatic carboxylic acids is 1. The molecule has 1 N–H and O–H groups in total. The lowest BCUT2D eigenvalue weighted by molar-refractivity contribution is -0.141. The number of carboxylic acid groups (broad SMARTS) is 1. The Bertz CT molecular complexity index is 1120. The van der Waals surface area contributed by atoms with Crippen LogP contribution in [0.2, 0.25) is 0 Å². The van der Waals surface area contributed by atoms with Gasteiger partial charge in [-0.15, -0.1) is 0 Å². The Hall–Kier alpha value is -3.17. The number of nitrogens with zero attached hydrogens (tertiary/aromatic N) is 3. The van der Waals surface area contributed by atoms with Gasteiger partial charge in [0.15, 0.2) is 6.04 Å². The number of hydrogen-bond acceptors (Lipinski definition) is 5. The van der Waals surface area contributed by atoms with Gasteiger partial charge in [0.05, 0.1) is 23.3 Å². The highest BCUT2D eigenvalue weighted by Crippen LogP contribution is 2.38. The van der Waals surface area contributed by atoms with E-state index in [1.54, 1.807) is 31.3 Å². The van der Waals surface area contributed by atoms with Crippen molar-refractivity contribution in [3.8, 4) is 11.5 Å². The monoisotopic (exact) mass is 399 g/mol. The summed E-state index contributed by atoms with van der Waals surface area (Å²) in [6.07, 6.45) is 1.40. The van der Waals surface area contributed by atoms with Crippen molar-refractivity contribution in [1.82, 2.24) is 14.1 Å². The van der Waals surface area contributed by atoms with E-state index in [-0.39, 0.29) is 11.4 Å². The molecule has 0 radical (unpaired) electrons. The van der Waals surface area contributed by atoms with Gasteiger partial charge < -0.3 is 9.84 Å². The molecule has 1 atom stereocenters. The fraction of sp³-hybridized carbons (Fsp3) is 0.158. The number of aryl methyl sites for hydroxylation is 1. The van der Waals surface area contributed by atoms with Gasteiger partial charge in [0.2, 0.25) is 10.0 Å². The Kier molecular flexibility index (Phi) is 4.40. The summed E-state index contributed by atoms with van der Waals surface area (Å²) in [5, 5.41) is 13.6. The average molecular weight is 399 g/mol. The summed E-state index contributed by atoms with van der Waals surface area (Å²) in [5.41, 5.74) is 0.961. The molecule has 28 heavy (non-hydrogen) atoms. The largest absolute Gasteiger partial charge is 0.480 e. The molecule has 0 saturated carbocycles. The Morgan fingerprint density at radius 3 is 2.39 bits per heavy atom. The van der Waals surface area contributed by atoms with Crippen LogP contribution in [0.1, 0.15) is 17.3 Å². The van der Waals surface area contributed by atoms with Gasteiger partial charge >= 0.3 is 5.97 Å². The number of carboxylic acids is 1. The van der Waals surface area contributed by atoms with E-state index in [4.69, 9.17) is 4.74 Å². The summed E-state index contributed by atoms with van der Waals surface area (Å²) in [4.78, 5) is 11.8. The molecule has 8 nitrogen and oxygen atoms in total. The standard InChI is InChI=1S/C19H17N3O5S/c1-21-17-12-22(18(19(23)24)16(17)11-20-21)28(25,26)15-9-7-14(8-10-15)27-13-5-3-2-4-6-13/h2-11,18H,12H2,1H3,(H,23,24). The van der Waals surface area contributed by atoms with Crippen molar-refractivity contribution in [2.75, 3.05) is 0 Å². The zero-order valence-corrected chi connectivity index (χ0v) is 15.7. The number of fused-ring (bicyclic) bond motifs is 1. The number of aromatic nitrogens is 2. The minimum atomic E-state index is -4.02. The average Bonchev–Trinajstić information content (AvgIpc) is 3.23. The molecule has 2 aromatic carbocycles. The molecule has 144 valence electrons. The number of sulfonamides is 1. The zero-order chi connectivity index (χ0) is 19.9. The van der Waals surface area contributed by atoms with Gasteiger partial charge in [0.1, 0.15) is 11.5 Å². The molecule has 2 heterocycles. The Morgan fingerprint density at radius 2 is 1.75 bits per heavy atom. The number of para-hydroxylation sites is 1. The predicted molar refractivity (Wildman–Crippen MR) is 99.3 cm³/mol. The van der Waals surface area contributed by atoms with Gasteiger partial charge in [0.25, 0.3) is 0 Å². The normalized spacial score (nSPS) is 16.7. The summed E-state index contributed by atoms with van der Waals surface area (Å²) in [6, 6.07) is 13.7. The first-order valence-corrected chi connectivity index (χ1v) is 9.90. The molecule has 3 aromatic rings. The van der Waals surface area contributed by atoms with E-state index in [9.17, 15) is 18.3 Å². The molecule has 0 saturated heterocycles. The van der Waals surface area contributed by atoms with E-state index in [2.05, 4.69) is 5.10 Å². The van der Waals surface area contributed by atoms with Crippen LogP contribution in [0, 0.1) is 0 Å². The fourth-order valence-corrected chi connectivity index (χ4v) is 4.74. The van der Waals surface area contributed by atoms with Crippen molar-refractivity contribution in [1.29, 1.82) is 0 Å². The number of hydrogen-bond donors (Lipinski definition) is 1. The number of carbonyl (C=O) groups is 1. The maximum absolute atomic E-state index is 13.1. The van der Waals surface area contributed by atoms with E-state index in [0.29, 0.717) is 22.8 Å². The van der Waals surface area contributed by atoms with E-state index in [1.807, 2.05) is 18.2 Å². The molecule has 0 fully saturated rings. The number of benzene rings is 2. The van der Waals surface area contributed by atoms with E-state index >= 15 is 0 Å². The second-order valence-electron chi connectivity index (χ2n) is 6.35. The lowest BCUT2D eigenvalue weighted by atomic mass is 10.2. The molecular weight excluding hydrogens is 382 g/mol. The van der Waals surface area contributed by atoms with Gasteiger partial charge in [0, 0.05) is 12.6 Å². The van der Waals surface area contributed by atoms with Gasteiger partial charge in [-0.1, -0.05) is 18.2 Å². The van der Waals surface area contributed by atoms with Crippen LogP contribution < -0.4 is 4.74 Å². The fourth-order valence-electron chi connectivity index (χ4n) is 3.22. The summed E-state index contributed by atoms with van der Waals surface area (Å²) >= 11 is 0. The van der Waals surface area contributed by atoms with Crippen LogP contribution in [0.3, 0.4) is 0 Å². The van der Waals surface area contributed by atoms with Gasteiger partial charge in [-0.2, -0.15) is 9.40 Å². The molecule has 1 unspecified atom stereocenters. The molecular formula is C19H17N3O5S. The van der Waals surface area contributed by atoms with E-state index in [1.165, 1.54) is 23.0 Å². The minimum absolute atomic E-state index is 0.0000676. The highest BCUT2D eigenvalue weighted by molar-refractivity contribution is 7.89. The molecule has 1 aliphatic rings. The highest BCUT2D eigenvalue weighted by atomic mass is 32.2. The number of rotatable bonds is 5. The maximum Gasteiger partial charge on any atom is 0.326 e. The maximum atomic E-state index is 13.1. The molecule has 0 bridgehead atoms. The third-order valence-corrected chi connectivity index (χ3v) is 6.45. The summed E-state index contributed by atoms with van der Waals surface area (Å²) < 4.78 is 34.3. The minimum Gasteiger partial charge on any atom is -0.480 e. The van der Waals surface area contributed by atoms with Gasteiger partial charge in [-0.05, 0) is 36.4 Å². The van der Waals surface area contributed by atoms with Gasteiger partial charge in [-0.25, -0.2) is 8.42 Å². The van der Waals surface area contributed by atoms with Crippen LogP contribution >= 0.6 is 0 Å². The Labute approximate surface area is 161 Å². The van der Waals surface area contributed by atoms with E-state index in [0.717, 1.165) is 4.31 Å². The molecule has 9 heteroatoms. The van der Waals surface area contributed by atoms with Crippen LogP contribution in [0.25, 0.3) is 0 Å². The van der Waals surface area contributed by atoms with Gasteiger partial charge in [-0.3, -0.25) is 9.48 Å². The first-order chi connectivity index (χ1) is 13.4. The first kappa shape index (κ1) is 18.2. The smallest absolute Gasteiger partial charge is 0.326 e. The van der Waals surface area contributed by atoms with Crippen LogP contribution in [0.4, 0.5) is 0 Å². The highest BCUT2D eigenvalue weighted by Gasteiger charge is 2.45. The van der Waals surface area contributed by atoms with Crippen molar-refractivity contribution in [2.24, 2.45) is 7.05 Å². The molecule has 0 spiro atoms. The second-order valence-corrected chi connectivity index (χ2v) is 8.24. The third-order valence-electron chi connectivity index (χ3n) is 4.63. The van der Waals surface area contributed by atoms with Crippen molar-refractivity contribution in [2.45, 2.75) is 17.5 Å². The zero-order valence-electron chi connectivity index (χ0n) is 14.9. The second kappa shape index (κ2) is 6.77. The van der Waals surface area contributed by atoms with Crippen molar-refractivity contribution < 1.29 is 23.1 Å². The van der Waals surface area contributed by atoms with Crippen LogP contribution in [0.15, 0.2) is 65.7 Å². The third kappa shape index (κ3) is 3.04. The van der Waals surface area contributed by atoms with E-state index < -0.39 is 22.0 Å². The van der Waals surface area contributed by atoms with Crippen molar-refractivity contribution in [3.63, 3.8) is 0 Å². The first-order valence-electron chi connectivity index (χ1n) is 8.46. The lowest BCUT2D eigenvalue weighted by Crippen LogP contribution is -2.34. The summed E-state index contributed by atoms with van der Waals surface area (Å²) in [5.74, 6) is -0.125.